The van der Waals surface area contributed by atoms with E-state index in [0.717, 1.165) is 22.5 Å². The van der Waals surface area contributed by atoms with Gasteiger partial charge in [-0.2, -0.15) is 0 Å². The van der Waals surface area contributed by atoms with Crippen molar-refractivity contribution in [3.8, 4) is 5.69 Å². The zero-order chi connectivity index (χ0) is 16.7. The maximum atomic E-state index is 12.2. The molecule has 3 nitrogen and oxygen atoms in total. The number of rotatable bonds is 2. The zero-order valence-corrected chi connectivity index (χ0v) is 13.7. The number of hydrogen-bond donors (Lipinski definition) is 1. The highest BCUT2D eigenvalue weighted by molar-refractivity contribution is 6.34. The van der Waals surface area contributed by atoms with Crippen LogP contribution in [0.2, 0.25) is 0 Å². The first-order chi connectivity index (χ1) is 11.6. The lowest BCUT2D eigenvalue weighted by atomic mass is 10.0. The van der Waals surface area contributed by atoms with Crippen LogP contribution in [-0.2, 0) is 4.79 Å². The number of carbonyl (C=O) groups excluding carboxylic acids is 1. The summed E-state index contributed by atoms with van der Waals surface area (Å²) in [7, 11) is 0. The van der Waals surface area contributed by atoms with Gasteiger partial charge in [-0.25, -0.2) is 0 Å². The van der Waals surface area contributed by atoms with E-state index < -0.39 is 0 Å². The number of hydrogen-bond acceptors (Lipinski definition) is 1. The van der Waals surface area contributed by atoms with Crippen LogP contribution in [0.4, 0.5) is 5.69 Å². The minimum absolute atomic E-state index is 0.0441. The molecular weight excluding hydrogens is 296 g/mol. The first-order valence-electron chi connectivity index (χ1n) is 8.01. The molecule has 3 aromatic rings. The van der Waals surface area contributed by atoms with E-state index in [-0.39, 0.29) is 5.91 Å². The fourth-order valence-corrected chi connectivity index (χ4v) is 3.24. The SMILES string of the molecule is Cc1ccc(C)n1-c1ccc(C=C2C(=O)Nc3ccccc32)cc1. The Bertz CT molecular complexity index is 942. The van der Waals surface area contributed by atoms with E-state index in [1.165, 1.54) is 11.4 Å². The lowest BCUT2D eigenvalue weighted by Gasteiger charge is -2.09. The van der Waals surface area contributed by atoms with Crippen LogP contribution in [-0.4, -0.2) is 10.5 Å². The predicted molar refractivity (Wildman–Crippen MR) is 98.2 cm³/mol. The van der Waals surface area contributed by atoms with Crippen LogP contribution in [0.15, 0.2) is 60.7 Å². The Morgan fingerprint density at radius 3 is 2.25 bits per heavy atom. The lowest BCUT2D eigenvalue weighted by molar-refractivity contribution is -0.110. The van der Waals surface area contributed by atoms with Crippen molar-refractivity contribution in [3.05, 3.63) is 83.2 Å². The maximum absolute atomic E-state index is 12.2. The second-order valence-electron chi connectivity index (χ2n) is 6.10. The van der Waals surface area contributed by atoms with E-state index in [2.05, 4.69) is 60.1 Å². The van der Waals surface area contributed by atoms with E-state index in [1.807, 2.05) is 30.3 Å². The Morgan fingerprint density at radius 2 is 1.54 bits per heavy atom. The molecule has 24 heavy (non-hydrogen) atoms. The Labute approximate surface area is 141 Å². The lowest BCUT2D eigenvalue weighted by Crippen LogP contribution is -2.03. The molecule has 1 aliphatic rings. The van der Waals surface area contributed by atoms with Gasteiger partial charge in [0, 0.05) is 33.9 Å². The van der Waals surface area contributed by atoms with Crippen molar-refractivity contribution < 1.29 is 4.79 Å². The Morgan fingerprint density at radius 1 is 0.875 bits per heavy atom. The summed E-state index contributed by atoms with van der Waals surface area (Å²) >= 11 is 0. The number of aromatic nitrogens is 1. The second-order valence-corrected chi connectivity index (χ2v) is 6.10. The highest BCUT2D eigenvalue weighted by Crippen LogP contribution is 2.32. The van der Waals surface area contributed by atoms with E-state index >= 15 is 0 Å². The third-order valence-corrected chi connectivity index (χ3v) is 4.44. The standard InChI is InChI=1S/C21H18N2O/c1-14-7-8-15(2)23(14)17-11-9-16(10-12-17)13-19-18-5-3-4-6-20(18)22-21(19)24/h3-13H,1-2H3,(H,22,24). The van der Waals surface area contributed by atoms with Gasteiger partial charge in [-0.3, -0.25) is 4.79 Å². The van der Waals surface area contributed by atoms with Crippen LogP contribution in [0.25, 0.3) is 17.3 Å². The van der Waals surface area contributed by atoms with Crippen LogP contribution in [0, 0.1) is 13.8 Å². The molecule has 1 aromatic heterocycles. The monoisotopic (exact) mass is 314 g/mol. The average Bonchev–Trinajstić information content (AvgIpc) is 3.08. The van der Waals surface area contributed by atoms with Crippen LogP contribution in [0.5, 0.6) is 0 Å². The number of benzene rings is 2. The number of amides is 1. The number of para-hydroxylation sites is 1. The van der Waals surface area contributed by atoms with Gasteiger partial charge in [0.15, 0.2) is 0 Å². The van der Waals surface area contributed by atoms with Crippen molar-refractivity contribution in [2.75, 3.05) is 5.32 Å². The summed E-state index contributed by atoms with van der Waals surface area (Å²) in [6, 6.07) is 20.3. The highest BCUT2D eigenvalue weighted by atomic mass is 16.2. The molecule has 1 N–H and O–H groups in total. The molecule has 0 radical (unpaired) electrons. The molecule has 0 aliphatic carbocycles. The Balaban J connectivity index is 1.71. The van der Waals surface area contributed by atoms with Gasteiger partial charge in [0.25, 0.3) is 5.91 Å². The van der Waals surface area contributed by atoms with Crippen molar-refractivity contribution in [2.45, 2.75) is 13.8 Å². The quantitative estimate of drug-likeness (QED) is 0.690. The number of nitrogens with one attached hydrogen (secondary N) is 1. The Hall–Kier alpha value is -3.07. The topological polar surface area (TPSA) is 34.0 Å². The molecule has 2 aromatic carbocycles. The number of anilines is 1. The molecular formula is C21H18N2O. The van der Waals surface area contributed by atoms with E-state index in [1.54, 1.807) is 0 Å². The van der Waals surface area contributed by atoms with Gasteiger partial charge in [0.2, 0.25) is 0 Å². The van der Waals surface area contributed by atoms with Gasteiger partial charge in [0.05, 0.1) is 0 Å². The molecule has 0 saturated carbocycles. The predicted octanol–water partition coefficient (Wildman–Crippen LogP) is 4.59. The largest absolute Gasteiger partial charge is 0.321 e. The summed E-state index contributed by atoms with van der Waals surface area (Å²) in [5, 5.41) is 2.91. The third kappa shape index (κ3) is 2.35. The molecule has 1 aliphatic heterocycles. The zero-order valence-electron chi connectivity index (χ0n) is 13.7. The molecule has 0 unspecified atom stereocenters. The molecule has 0 atom stereocenters. The summed E-state index contributed by atoms with van der Waals surface area (Å²) < 4.78 is 2.22. The minimum atomic E-state index is -0.0441. The summed E-state index contributed by atoms with van der Waals surface area (Å²) in [6.07, 6.45) is 1.94. The van der Waals surface area contributed by atoms with Gasteiger partial charge >= 0.3 is 0 Å². The van der Waals surface area contributed by atoms with Crippen LogP contribution in [0.3, 0.4) is 0 Å². The maximum Gasteiger partial charge on any atom is 0.256 e. The van der Waals surface area contributed by atoms with Crippen LogP contribution >= 0.6 is 0 Å². The third-order valence-electron chi connectivity index (χ3n) is 4.44. The Kier molecular flexibility index (Phi) is 3.35. The van der Waals surface area contributed by atoms with Crippen molar-refractivity contribution in [3.63, 3.8) is 0 Å². The van der Waals surface area contributed by atoms with Gasteiger partial charge < -0.3 is 9.88 Å². The molecule has 2 heterocycles. The molecule has 0 spiro atoms. The smallest absolute Gasteiger partial charge is 0.256 e. The van der Waals surface area contributed by atoms with Crippen molar-refractivity contribution in [1.82, 2.24) is 4.57 Å². The van der Waals surface area contributed by atoms with E-state index in [4.69, 9.17) is 0 Å². The van der Waals surface area contributed by atoms with Gasteiger partial charge in [-0.15, -0.1) is 0 Å². The van der Waals surface area contributed by atoms with Gasteiger partial charge in [-0.05, 0) is 55.8 Å². The van der Waals surface area contributed by atoms with Crippen LogP contribution in [0.1, 0.15) is 22.5 Å². The van der Waals surface area contributed by atoms with Gasteiger partial charge in [0.1, 0.15) is 0 Å². The number of aryl methyl sites for hydroxylation is 2. The summed E-state index contributed by atoms with van der Waals surface area (Å²) in [5.41, 5.74) is 7.13. The molecule has 0 fully saturated rings. The van der Waals surface area contributed by atoms with E-state index in [0.29, 0.717) is 5.57 Å². The summed E-state index contributed by atoms with van der Waals surface area (Å²) in [5.74, 6) is -0.0441. The average molecular weight is 314 g/mol. The normalized spacial score (nSPS) is 14.8. The fourth-order valence-electron chi connectivity index (χ4n) is 3.24. The number of carbonyl (C=O) groups is 1. The van der Waals surface area contributed by atoms with E-state index in [9.17, 15) is 4.79 Å². The minimum Gasteiger partial charge on any atom is -0.321 e. The summed E-state index contributed by atoms with van der Waals surface area (Å²) in [6.45, 7) is 4.20. The molecule has 3 heteroatoms. The highest BCUT2D eigenvalue weighted by Gasteiger charge is 2.23. The summed E-state index contributed by atoms with van der Waals surface area (Å²) in [4.78, 5) is 12.2. The number of fused-ring (bicyclic) bond motifs is 1. The fraction of sp³-hybridized carbons (Fsp3) is 0.0952. The molecule has 118 valence electrons. The van der Waals surface area contributed by atoms with Crippen LogP contribution < -0.4 is 5.32 Å². The van der Waals surface area contributed by atoms with Crippen molar-refractivity contribution in [2.24, 2.45) is 0 Å². The molecule has 1 amide bonds. The van der Waals surface area contributed by atoms with Crippen molar-refractivity contribution >= 4 is 23.2 Å². The molecule has 0 saturated heterocycles. The van der Waals surface area contributed by atoms with Crippen molar-refractivity contribution in [1.29, 1.82) is 0 Å². The first kappa shape index (κ1) is 14.5. The van der Waals surface area contributed by atoms with Gasteiger partial charge in [-0.1, -0.05) is 30.3 Å². The number of nitrogens with zero attached hydrogens (tertiary/aromatic N) is 1. The molecule has 0 bridgehead atoms. The second kappa shape index (κ2) is 5.53. The first-order valence-corrected chi connectivity index (χ1v) is 8.01. The molecule has 4 rings (SSSR count).